The smallest absolute Gasteiger partial charge is 0.131 e. The Labute approximate surface area is 83.4 Å². The minimum atomic E-state index is -0.138. The van der Waals surface area contributed by atoms with Crippen LogP contribution < -0.4 is 5.73 Å². The molecule has 0 amide bonds. The molecule has 1 nitrogen and oxygen atoms in total. The number of benzene rings is 1. The molecule has 14 heavy (non-hydrogen) atoms. The average molecular weight is 191 g/mol. The minimum Gasteiger partial charge on any atom is -0.326 e. The van der Waals surface area contributed by atoms with Gasteiger partial charge >= 0.3 is 0 Å². The first kappa shape index (κ1) is 9.41. The lowest BCUT2D eigenvalue weighted by Crippen LogP contribution is -1.98. The Bertz CT molecular complexity index is 369. The van der Waals surface area contributed by atoms with Crippen molar-refractivity contribution in [3.63, 3.8) is 0 Å². The summed E-state index contributed by atoms with van der Waals surface area (Å²) in [7, 11) is 0. The van der Waals surface area contributed by atoms with Gasteiger partial charge in [0.15, 0.2) is 0 Å². The minimum absolute atomic E-state index is 0.138. The Hall–Kier alpha value is -1.15. The summed E-state index contributed by atoms with van der Waals surface area (Å²) >= 11 is 0. The third-order valence-electron chi connectivity index (χ3n) is 2.66. The van der Waals surface area contributed by atoms with Gasteiger partial charge in [-0.15, -0.1) is 0 Å². The van der Waals surface area contributed by atoms with Gasteiger partial charge in [-0.25, -0.2) is 4.39 Å². The highest BCUT2D eigenvalue weighted by atomic mass is 19.1. The first-order chi connectivity index (χ1) is 6.81. The molecule has 2 rings (SSSR count). The van der Waals surface area contributed by atoms with Crippen LogP contribution in [-0.2, 0) is 6.54 Å². The van der Waals surface area contributed by atoms with Crippen LogP contribution in [0.1, 0.15) is 30.4 Å². The molecule has 2 N–H and O–H groups in total. The Morgan fingerprint density at radius 1 is 1.36 bits per heavy atom. The second kappa shape index (κ2) is 3.93. The Morgan fingerprint density at radius 3 is 2.79 bits per heavy atom. The Balaban J connectivity index is 2.34. The normalized spacial score (nSPS) is 15.7. The van der Waals surface area contributed by atoms with Gasteiger partial charge in [0, 0.05) is 12.1 Å². The quantitative estimate of drug-likeness (QED) is 0.764. The highest BCUT2D eigenvalue weighted by Crippen LogP contribution is 2.29. The predicted octanol–water partition coefficient (Wildman–Crippen LogP) is 2.85. The van der Waals surface area contributed by atoms with E-state index in [-0.39, 0.29) is 5.82 Å². The summed E-state index contributed by atoms with van der Waals surface area (Å²) in [6, 6.07) is 5.28. The molecule has 2 heteroatoms. The Morgan fingerprint density at radius 2 is 2.21 bits per heavy atom. The van der Waals surface area contributed by atoms with Crippen LogP contribution in [0.15, 0.2) is 24.3 Å². The zero-order valence-electron chi connectivity index (χ0n) is 8.09. The van der Waals surface area contributed by atoms with Crippen LogP contribution in [0.2, 0.25) is 0 Å². The van der Waals surface area contributed by atoms with Gasteiger partial charge < -0.3 is 5.73 Å². The lowest BCUT2D eigenvalue weighted by Gasteiger charge is -2.05. The number of allylic oxidation sites excluding steroid dienone is 2. The molecule has 0 heterocycles. The third kappa shape index (κ3) is 1.70. The molecule has 0 atom stereocenters. The summed E-state index contributed by atoms with van der Waals surface area (Å²) in [6.07, 6.45) is 5.35. The van der Waals surface area contributed by atoms with Gasteiger partial charge in [-0.2, -0.15) is 0 Å². The van der Waals surface area contributed by atoms with Gasteiger partial charge in [0.25, 0.3) is 0 Å². The summed E-state index contributed by atoms with van der Waals surface area (Å²) in [5.74, 6) is -0.138. The van der Waals surface area contributed by atoms with E-state index in [4.69, 9.17) is 5.73 Å². The molecule has 74 valence electrons. The van der Waals surface area contributed by atoms with Crippen LogP contribution in [0.3, 0.4) is 0 Å². The van der Waals surface area contributed by atoms with Gasteiger partial charge in [-0.3, -0.25) is 0 Å². The van der Waals surface area contributed by atoms with E-state index in [2.05, 4.69) is 6.08 Å². The van der Waals surface area contributed by atoms with Crippen molar-refractivity contribution in [1.29, 1.82) is 0 Å². The van der Waals surface area contributed by atoms with Gasteiger partial charge in [-0.05, 0) is 36.5 Å². The zero-order chi connectivity index (χ0) is 9.97. The molecule has 1 aliphatic rings. The van der Waals surface area contributed by atoms with E-state index in [1.54, 1.807) is 0 Å². The maximum atomic E-state index is 13.6. The highest BCUT2D eigenvalue weighted by molar-refractivity contribution is 5.67. The fourth-order valence-corrected chi connectivity index (χ4v) is 1.86. The summed E-state index contributed by atoms with van der Waals surface area (Å²) in [4.78, 5) is 0. The number of nitrogens with two attached hydrogens (primary N) is 1. The first-order valence-electron chi connectivity index (χ1n) is 4.99. The van der Waals surface area contributed by atoms with Crippen molar-refractivity contribution < 1.29 is 4.39 Å². The van der Waals surface area contributed by atoms with E-state index >= 15 is 0 Å². The van der Waals surface area contributed by atoms with Gasteiger partial charge in [-0.1, -0.05) is 18.2 Å². The number of hydrogen-bond donors (Lipinski definition) is 1. The number of rotatable bonds is 2. The van der Waals surface area contributed by atoms with Crippen LogP contribution in [0.4, 0.5) is 4.39 Å². The molecular weight excluding hydrogens is 177 g/mol. The number of hydrogen-bond acceptors (Lipinski definition) is 1. The SMILES string of the molecule is NCc1ccc(C2=CCCC2)c(F)c1. The maximum absolute atomic E-state index is 13.6. The summed E-state index contributed by atoms with van der Waals surface area (Å²) < 4.78 is 13.6. The van der Waals surface area contributed by atoms with Crippen LogP contribution in [0.5, 0.6) is 0 Å². The average Bonchev–Trinajstić information content (AvgIpc) is 2.70. The van der Waals surface area contributed by atoms with Crippen LogP contribution in [-0.4, -0.2) is 0 Å². The standard InChI is InChI=1S/C12H14FN/c13-12-7-9(8-14)5-6-11(12)10-3-1-2-4-10/h3,5-7H,1-2,4,8,14H2. The highest BCUT2D eigenvalue weighted by Gasteiger charge is 2.11. The van der Waals surface area contributed by atoms with Crippen LogP contribution >= 0.6 is 0 Å². The van der Waals surface area contributed by atoms with Crippen LogP contribution in [0, 0.1) is 5.82 Å². The molecule has 0 spiro atoms. The van der Waals surface area contributed by atoms with E-state index in [1.165, 1.54) is 6.07 Å². The maximum Gasteiger partial charge on any atom is 0.131 e. The zero-order valence-corrected chi connectivity index (χ0v) is 8.09. The molecule has 1 aromatic rings. The summed E-state index contributed by atoms with van der Waals surface area (Å²) in [6.45, 7) is 0.399. The van der Waals surface area contributed by atoms with Gasteiger partial charge in [0.1, 0.15) is 5.82 Å². The van der Waals surface area contributed by atoms with Crippen molar-refractivity contribution in [2.45, 2.75) is 25.8 Å². The molecular formula is C12H14FN. The second-order valence-electron chi connectivity index (χ2n) is 3.64. The molecule has 0 aliphatic heterocycles. The first-order valence-corrected chi connectivity index (χ1v) is 4.99. The van der Waals surface area contributed by atoms with Gasteiger partial charge in [0.2, 0.25) is 0 Å². The fraction of sp³-hybridized carbons (Fsp3) is 0.333. The third-order valence-corrected chi connectivity index (χ3v) is 2.66. The van der Waals surface area contributed by atoms with E-state index in [0.29, 0.717) is 6.54 Å². The van der Waals surface area contributed by atoms with Crippen molar-refractivity contribution in [3.05, 3.63) is 41.2 Å². The summed E-state index contributed by atoms with van der Waals surface area (Å²) in [5, 5.41) is 0. The molecule has 1 aliphatic carbocycles. The molecule has 0 bridgehead atoms. The predicted molar refractivity (Wildman–Crippen MR) is 56.1 cm³/mol. The van der Waals surface area contributed by atoms with Gasteiger partial charge in [0.05, 0.1) is 0 Å². The molecule has 0 saturated heterocycles. The van der Waals surface area contributed by atoms with E-state index in [1.807, 2.05) is 12.1 Å². The molecule has 0 radical (unpaired) electrons. The lowest BCUT2D eigenvalue weighted by molar-refractivity contribution is 0.621. The van der Waals surface area contributed by atoms with Crippen molar-refractivity contribution >= 4 is 5.57 Å². The van der Waals surface area contributed by atoms with Crippen molar-refractivity contribution in [2.75, 3.05) is 0 Å². The Kier molecular flexibility index (Phi) is 2.64. The second-order valence-corrected chi connectivity index (χ2v) is 3.64. The van der Waals surface area contributed by atoms with E-state index in [0.717, 1.165) is 36.0 Å². The van der Waals surface area contributed by atoms with Crippen LogP contribution in [0.25, 0.3) is 5.57 Å². The molecule has 0 aromatic heterocycles. The fourth-order valence-electron chi connectivity index (χ4n) is 1.86. The molecule has 0 saturated carbocycles. The monoisotopic (exact) mass is 191 g/mol. The van der Waals surface area contributed by atoms with Crippen molar-refractivity contribution in [2.24, 2.45) is 5.73 Å². The van der Waals surface area contributed by atoms with Crippen molar-refractivity contribution in [1.82, 2.24) is 0 Å². The lowest BCUT2D eigenvalue weighted by atomic mass is 10.0. The van der Waals surface area contributed by atoms with Crippen molar-refractivity contribution in [3.8, 4) is 0 Å². The van der Waals surface area contributed by atoms with E-state index < -0.39 is 0 Å². The summed E-state index contributed by atoms with van der Waals surface area (Å²) in [5.41, 5.74) is 8.19. The topological polar surface area (TPSA) is 26.0 Å². The largest absolute Gasteiger partial charge is 0.326 e. The molecule has 1 aromatic carbocycles. The van der Waals surface area contributed by atoms with E-state index in [9.17, 15) is 4.39 Å². The molecule has 0 unspecified atom stereocenters. The molecule has 0 fully saturated rings. The number of halogens is 1.